The van der Waals surface area contributed by atoms with E-state index in [0.717, 1.165) is 12.1 Å². The van der Waals surface area contributed by atoms with E-state index in [0.29, 0.717) is 12.6 Å². The van der Waals surface area contributed by atoms with Crippen LogP contribution in [0.3, 0.4) is 0 Å². The third-order valence-corrected chi connectivity index (χ3v) is 3.51. The molecule has 0 atom stereocenters. The lowest BCUT2D eigenvalue weighted by molar-refractivity contribution is -0.113. The van der Waals surface area contributed by atoms with Crippen LogP contribution in [0.2, 0.25) is 0 Å². The molecule has 0 fully saturated rings. The molecule has 2 aromatic carbocycles. The van der Waals surface area contributed by atoms with E-state index < -0.39 is 4.83 Å². The summed E-state index contributed by atoms with van der Waals surface area (Å²) in [6.45, 7) is 0. The summed E-state index contributed by atoms with van der Waals surface area (Å²) in [6.07, 6.45) is 2.07. The van der Waals surface area contributed by atoms with Gasteiger partial charge < -0.3 is 15.3 Å². The Kier molecular flexibility index (Phi) is 4.69. The summed E-state index contributed by atoms with van der Waals surface area (Å²) >= 11 is 2.74. The average Bonchev–Trinajstić information content (AvgIpc) is 2.84. The molecule has 0 bridgehead atoms. The Morgan fingerprint density at radius 2 is 1.65 bits per heavy atom. The van der Waals surface area contributed by atoms with Gasteiger partial charge in [0.05, 0.1) is 0 Å². The molecule has 0 spiro atoms. The van der Waals surface area contributed by atoms with Crippen LogP contribution in [0.25, 0.3) is 11.1 Å². The van der Waals surface area contributed by atoms with Crippen molar-refractivity contribution in [3.63, 3.8) is 0 Å². The zero-order chi connectivity index (χ0) is 14.5. The van der Waals surface area contributed by atoms with Gasteiger partial charge in [0.25, 0.3) is 0 Å². The number of hydrogen-bond acceptors (Lipinski definition) is 3. The first kappa shape index (κ1) is 14.5. The maximum absolute atomic E-state index is 9.46. The lowest BCUT2D eigenvalue weighted by atomic mass is 10.1. The number of carbonyl (C=O) groups excluding carboxylic acids is 2. The van der Waals surface area contributed by atoms with E-state index >= 15 is 0 Å². The first-order chi connectivity index (χ1) is 9.65. The fraction of sp³-hybridized carbons (Fsp3) is 0.125. The van der Waals surface area contributed by atoms with Gasteiger partial charge >= 0.3 is 0 Å². The van der Waals surface area contributed by atoms with Gasteiger partial charge in [0.15, 0.2) is 0 Å². The molecule has 0 amide bonds. The van der Waals surface area contributed by atoms with Gasteiger partial charge in [0, 0.05) is 5.69 Å². The summed E-state index contributed by atoms with van der Waals surface area (Å²) in [6, 6.07) is 14.7. The number of hydrogen-bond donors (Lipinski definition) is 1. The molecule has 20 heavy (non-hydrogen) atoms. The van der Waals surface area contributed by atoms with Crippen LogP contribution in [0.5, 0.6) is 0 Å². The number of carbonyl (C=O) groups is 2. The van der Waals surface area contributed by atoms with Crippen molar-refractivity contribution in [3.8, 4) is 11.1 Å². The van der Waals surface area contributed by atoms with Crippen molar-refractivity contribution < 1.29 is 9.59 Å². The van der Waals surface area contributed by atoms with E-state index in [1.165, 1.54) is 22.3 Å². The number of alkyl halides is 1. The first-order valence-corrected chi connectivity index (χ1v) is 7.08. The van der Waals surface area contributed by atoms with E-state index in [9.17, 15) is 9.59 Å². The minimum atomic E-state index is -0.613. The summed E-state index contributed by atoms with van der Waals surface area (Å²) < 4.78 is 0. The monoisotopic (exact) mass is 331 g/mol. The Bertz CT molecular complexity index is 632. The molecule has 4 heteroatoms. The fourth-order valence-corrected chi connectivity index (χ4v) is 2.20. The molecule has 2 N–H and O–H groups in total. The largest absolute Gasteiger partial charge is 0.399 e. The molecule has 0 aromatic heterocycles. The average molecular weight is 332 g/mol. The highest BCUT2D eigenvalue weighted by Gasteiger charge is 2.16. The first-order valence-electron chi connectivity index (χ1n) is 6.17. The maximum atomic E-state index is 9.46. The molecular formula is C16H14BrNO2. The number of nitrogens with two attached hydrogens (primary N) is 1. The minimum absolute atomic E-state index is 0.521. The summed E-state index contributed by atoms with van der Waals surface area (Å²) in [7, 11) is 0. The third kappa shape index (κ3) is 3.14. The molecule has 0 saturated heterocycles. The van der Waals surface area contributed by atoms with Crippen LogP contribution in [-0.2, 0) is 16.0 Å². The second kappa shape index (κ2) is 6.48. The van der Waals surface area contributed by atoms with Crippen LogP contribution < -0.4 is 5.73 Å². The molecule has 2 aromatic rings. The number of benzene rings is 2. The van der Waals surface area contributed by atoms with Crippen LogP contribution in [0.15, 0.2) is 42.5 Å². The number of halogens is 1. The smallest absolute Gasteiger partial charge is 0.140 e. The molecule has 0 aliphatic heterocycles. The molecule has 0 unspecified atom stereocenters. The predicted octanol–water partition coefficient (Wildman–Crippen LogP) is 2.99. The lowest BCUT2D eigenvalue weighted by Gasteiger charge is -2.00. The molecule has 0 heterocycles. The van der Waals surface area contributed by atoms with Crippen molar-refractivity contribution in [2.24, 2.45) is 0 Å². The van der Waals surface area contributed by atoms with E-state index in [1.807, 2.05) is 6.07 Å². The van der Waals surface area contributed by atoms with Gasteiger partial charge in [0.2, 0.25) is 0 Å². The SMILES string of the molecule is Nc1ccc2c(c1)Cc1ccccc1-2.O=CC(Br)C=O. The van der Waals surface area contributed by atoms with Crippen molar-refractivity contribution in [3.05, 3.63) is 53.6 Å². The van der Waals surface area contributed by atoms with E-state index in [4.69, 9.17) is 5.73 Å². The van der Waals surface area contributed by atoms with Crippen molar-refractivity contribution in [1.29, 1.82) is 0 Å². The van der Waals surface area contributed by atoms with Crippen molar-refractivity contribution in [2.75, 3.05) is 5.73 Å². The maximum Gasteiger partial charge on any atom is 0.140 e. The Hall–Kier alpha value is -1.94. The van der Waals surface area contributed by atoms with Gasteiger partial charge in [-0.25, -0.2) is 0 Å². The number of rotatable bonds is 2. The summed E-state index contributed by atoms with van der Waals surface area (Å²) in [5.41, 5.74) is 12.1. The molecule has 1 aliphatic rings. The molecule has 0 saturated carbocycles. The zero-order valence-corrected chi connectivity index (χ0v) is 12.3. The van der Waals surface area contributed by atoms with Gasteiger partial charge in [-0.2, -0.15) is 0 Å². The molecule has 3 rings (SSSR count). The number of fused-ring (bicyclic) bond motifs is 3. The molecule has 102 valence electrons. The summed E-state index contributed by atoms with van der Waals surface area (Å²) in [5.74, 6) is 0. The number of aldehydes is 2. The van der Waals surface area contributed by atoms with E-state index in [2.05, 4.69) is 52.3 Å². The second-order valence-corrected chi connectivity index (χ2v) is 5.52. The van der Waals surface area contributed by atoms with Crippen LogP contribution in [0, 0.1) is 0 Å². The van der Waals surface area contributed by atoms with Gasteiger partial charge in [-0.3, -0.25) is 0 Å². The zero-order valence-electron chi connectivity index (χ0n) is 10.8. The molecule has 0 radical (unpaired) electrons. The van der Waals surface area contributed by atoms with Gasteiger partial charge in [0.1, 0.15) is 17.4 Å². The van der Waals surface area contributed by atoms with Crippen LogP contribution >= 0.6 is 15.9 Å². The van der Waals surface area contributed by atoms with Crippen LogP contribution in [0.1, 0.15) is 11.1 Å². The summed E-state index contributed by atoms with van der Waals surface area (Å²) in [4.78, 5) is 18.3. The normalized spacial score (nSPS) is 11.1. The molecule has 3 nitrogen and oxygen atoms in total. The summed E-state index contributed by atoms with van der Waals surface area (Å²) in [5, 5.41) is 0. The third-order valence-electron chi connectivity index (χ3n) is 3.08. The Morgan fingerprint density at radius 1 is 1.00 bits per heavy atom. The quantitative estimate of drug-likeness (QED) is 0.340. The van der Waals surface area contributed by atoms with Crippen molar-refractivity contribution in [2.45, 2.75) is 11.2 Å². The van der Waals surface area contributed by atoms with E-state index in [-0.39, 0.29) is 0 Å². The molecule has 1 aliphatic carbocycles. The van der Waals surface area contributed by atoms with Crippen LogP contribution in [-0.4, -0.2) is 17.4 Å². The van der Waals surface area contributed by atoms with Crippen molar-refractivity contribution >= 4 is 34.2 Å². The Labute approximate surface area is 125 Å². The van der Waals surface area contributed by atoms with Gasteiger partial charge in [-0.05, 0) is 40.8 Å². The van der Waals surface area contributed by atoms with Gasteiger partial charge in [-0.15, -0.1) is 0 Å². The number of anilines is 1. The van der Waals surface area contributed by atoms with Gasteiger partial charge in [-0.1, -0.05) is 46.3 Å². The fourth-order valence-electron chi connectivity index (χ4n) is 2.20. The Morgan fingerprint density at radius 3 is 2.30 bits per heavy atom. The lowest BCUT2D eigenvalue weighted by Crippen LogP contribution is -1.97. The topological polar surface area (TPSA) is 60.2 Å². The standard InChI is InChI=1S/C13H11N.C3H3BrO2/c14-11-5-6-13-10(8-11)7-9-3-1-2-4-12(9)13;4-3(1-5)2-6/h1-6,8H,7,14H2;1-3H. The highest BCUT2D eigenvalue weighted by molar-refractivity contribution is 9.10. The molecular weight excluding hydrogens is 318 g/mol. The highest BCUT2D eigenvalue weighted by atomic mass is 79.9. The highest BCUT2D eigenvalue weighted by Crippen LogP contribution is 2.36. The van der Waals surface area contributed by atoms with Crippen LogP contribution in [0.4, 0.5) is 5.69 Å². The number of nitrogen functional groups attached to an aromatic ring is 1. The Balaban J connectivity index is 0.000000212. The van der Waals surface area contributed by atoms with Crippen molar-refractivity contribution in [1.82, 2.24) is 0 Å². The van der Waals surface area contributed by atoms with E-state index in [1.54, 1.807) is 0 Å². The minimum Gasteiger partial charge on any atom is -0.399 e. The predicted molar refractivity (Wildman–Crippen MR) is 83.9 cm³/mol. The second-order valence-electron chi connectivity index (χ2n) is 4.47.